The van der Waals surface area contributed by atoms with Gasteiger partial charge in [0.15, 0.2) is 5.78 Å². The first-order chi connectivity index (χ1) is 10.7. The summed E-state index contributed by atoms with van der Waals surface area (Å²) >= 11 is 0. The van der Waals surface area contributed by atoms with E-state index in [1.165, 1.54) is 43.8 Å². The van der Waals surface area contributed by atoms with Crippen molar-refractivity contribution in [2.45, 2.75) is 53.9 Å². The Morgan fingerprint density at radius 1 is 1.30 bits per heavy atom. The minimum atomic E-state index is -0.0556. The lowest BCUT2D eigenvalue weighted by molar-refractivity contribution is 0.101. The second kappa shape index (κ2) is 11.2. The van der Waals surface area contributed by atoms with Crippen LogP contribution in [-0.4, -0.2) is 35.4 Å². The van der Waals surface area contributed by atoms with Crippen LogP contribution in [0.25, 0.3) is 0 Å². The summed E-state index contributed by atoms with van der Waals surface area (Å²) in [6.45, 7) is 12.5. The third-order valence-electron chi connectivity index (χ3n) is 4.07. The van der Waals surface area contributed by atoms with Crippen molar-refractivity contribution >= 4 is 5.78 Å². The van der Waals surface area contributed by atoms with E-state index < -0.39 is 0 Å². The predicted molar refractivity (Wildman–Crippen MR) is 98.3 cm³/mol. The maximum atomic E-state index is 11.2. The van der Waals surface area contributed by atoms with Crippen molar-refractivity contribution in [1.29, 1.82) is 0 Å². The summed E-state index contributed by atoms with van der Waals surface area (Å²) in [5.74, 6) is 0.878. The molecule has 0 aliphatic carbocycles. The number of nitrogens with zero attached hydrogens (tertiary/aromatic N) is 2. The van der Waals surface area contributed by atoms with E-state index >= 15 is 0 Å². The van der Waals surface area contributed by atoms with Crippen LogP contribution in [0.2, 0.25) is 0 Å². The van der Waals surface area contributed by atoms with Crippen molar-refractivity contribution in [3.8, 4) is 0 Å². The molecular weight excluding hydrogens is 288 g/mol. The van der Waals surface area contributed by atoms with Crippen molar-refractivity contribution in [3.63, 3.8) is 0 Å². The molecule has 1 rings (SSSR count). The molecule has 0 fully saturated rings. The number of hydrogen-bond acceptors (Lipinski definition) is 3. The van der Waals surface area contributed by atoms with Crippen LogP contribution in [-0.2, 0) is 7.05 Å². The average Bonchev–Trinajstić information content (AvgIpc) is 2.50. The zero-order chi connectivity index (χ0) is 18.0. The zero-order valence-electron chi connectivity index (χ0n) is 16.0. The molecule has 1 aromatic rings. The molecule has 0 bridgehead atoms. The van der Waals surface area contributed by atoms with E-state index in [1.54, 1.807) is 26.2 Å². The quantitative estimate of drug-likeness (QED) is 0.719. The number of ketones is 1. The number of rotatable bonds is 7. The number of aromatic nitrogens is 1. The summed E-state index contributed by atoms with van der Waals surface area (Å²) in [7, 11) is 3.85. The highest BCUT2D eigenvalue weighted by atomic mass is 16.1. The van der Waals surface area contributed by atoms with Crippen LogP contribution in [0.5, 0.6) is 0 Å². The van der Waals surface area contributed by atoms with Gasteiger partial charge in [-0.15, -0.1) is 0 Å². The number of aryl methyl sites for hydroxylation is 2. The van der Waals surface area contributed by atoms with Crippen molar-refractivity contribution in [3.05, 3.63) is 33.7 Å². The Balaban J connectivity index is 0.000000423. The minimum Gasteiger partial charge on any atom is -0.318 e. The number of pyridine rings is 1. The smallest absolute Gasteiger partial charge is 0.253 e. The Labute approximate surface area is 141 Å². The van der Waals surface area contributed by atoms with Crippen LogP contribution < -0.4 is 5.56 Å². The van der Waals surface area contributed by atoms with Gasteiger partial charge < -0.3 is 9.47 Å². The highest BCUT2D eigenvalue weighted by molar-refractivity contribution is 5.93. The Hall–Kier alpha value is -1.42. The van der Waals surface area contributed by atoms with Crippen molar-refractivity contribution in [2.75, 3.05) is 20.1 Å². The van der Waals surface area contributed by atoms with E-state index in [2.05, 4.69) is 32.7 Å². The largest absolute Gasteiger partial charge is 0.318 e. The molecule has 0 aromatic carbocycles. The van der Waals surface area contributed by atoms with Gasteiger partial charge in [0.1, 0.15) is 0 Å². The second-order valence-electron chi connectivity index (χ2n) is 6.49. The lowest BCUT2D eigenvalue weighted by Crippen LogP contribution is -2.21. The molecule has 1 atom stereocenters. The number of carbonyl (C=O) groups is 1. The van der Waals surface area contributed by atoms with Gasteiger partial charge in [0.2, 0.25) is 0 Å². The Morgan fingerprint density at radius 2 is 1.91 bits per heavy atom. The fourth-order valence-corrected chi connectivity index (χ4v) is 2.21. The summed E-state index contributed by atoms with van der Waals surface area (Å²) < 4.78 is 1.42. The normalized spacial score (nSPS) is 11.8. The third-order valence-corrected chi connectivity index (χ3v) is 4.07. The molecule has 132 valence electrons. The molecule has 4 nitrogen and oxygen atoms in total. The van der Waals surface area contributed by atoms with E-state index in [1.807, 2.05) is 0 Å². The van der Waals surface area contributed by atoms with Gasteiger partial charge in [0.25, 0.3) is 5.56 Å². The van der Waals surface area contributed by atoms with Crippen LogP contribution in [0.4, 0.5) is 0 Å². The number of carbonyl (C=O) groups excluding carboxylic acids is 1. The minimum absolute atomic E-state index is 0.0197. The topological polar surface area (TPSA) is 42.3 Å². The van der Waals surface area contributed by atoms with Gasteiger partial charge in [0, 0.05) is 24.4 Å². The first-order valence-electron chi connectivity index (χ1n) is 8.59. The van der Waals surface area contributed by atoms with E-state index in [0.29, 0.717) is 11.1 Å². The van der Waals surface area contributed by atoms with Crippen molar-refractivity contribution in [2.24, 2.45) is 13.0 Å². The van der Waals surface area contributed by atoms with Crippen LogP contribution in [0.1, 0.15) is 62.9 Å². The van der Waals surface area contributed by atoms with Gasteiger partial charge in [-0.3, -0.25) is 9.59 Å². The maximum absolute atomic E-state index is 11.2. The Kier molecular flexibility index (Phi) is 10.5. The molecule has 1 heterocycles. The molecule has 0 saturated carbocycles. The molecule has 1 aromatic heterocycles. The molecule has 0 N–H and O–H groups in total. The van der Waals surface area contributed by atoms with Crippen LogP contribution in [0.3, 0.4) is 0 Å². The SMILES string of the molecule is CC(=O)c1cc(C)c(=O)n(C)c1.CCCN(C)CCC(C)CC. The molecule has 1 unspecified atom stereocenters. The molecule has 0 amide bonds. The molecule has 23 heavy (non-hydrogen) atoms. The predicted octanol–water partition coefficient (Wildman–Crippen LogP) is 3.66. The highest BCUT2D eigenvalue weighted by Crippen LogP contribution is 2.06. The van der Waals surface area contributed by atoms with Gasteiger partial charge in [-0.25, -0.2) is 0 Å². The van der Waals surface area contributed by atoms with Gasteiger partial charge in [-0.2, -0.15) is 0 Å². The summed E-state index contributed by atoms with van der Waals surface area (Å²) in [5, 5.41) is 0. The molecular formula is C19H34N2O2. The van der Waals surface area contributed by atoms with Crippen LogP contribution >= 0.6 is 0 Å². The molecule has 0 aliphatic heterocycles. The Morgan fingerprint density at radius 3 is 2.35 bits per heavy atom. The average molecular weight is 322 g/mol. The first kappa shape index (κ1) is 21.6. The highest BCUT2D eigenvalue weighted by Gasteiger charge is 2.03. The molecule has 0 radical (unpaired) electrons. The van der Waals surface area contributed by atoms with Crippen LogP contribution in [0.15, 0.2) is 17.1 Å². The second-order valence-corrected chi connectivity index (χ2v) is 6.49. The zero-order valence-corrected chi connectivity index (χ0v) is 16.0. The van der Waals surface area contributed by atoms with Gasteiger partial charge in [-0.05, 0) is 58.8 Å². The monoisotopic (exact) mass is 322 g/mol. The number of hydrogen-bond donors (Lipinski definition) is 0. The van der Waals surface area contributed by atoms with Crippen LogP contribution in [0, 0.1) is 12.8 Å². The lowest BCUT2D eigenvalue weighted by atomic mass is 10.1. The standard InChI is InChI=1S/C10H23N.C9H11NO2/c1-5-8-11(4)9-7-10(3)6-2;1-6-4-8(7(2)11)5-10(3)9(6)12/h10H,5-9H2,1-4H3;4-5H,1-3H3. The van der Waals surface area contributed by atoms with E-state index in [9.17, 15) is 9.59 Å². The van der Waals surface area contributed by atoms with Gasteiger partial charge in [-0.1, -0.05) is 27.2 Å². The Bertz CT molecular complexity index is 508. The van der Waals surface area contributed by atoms with Gasteiger partial charge >= 0.3 is 0 Å². The number of Topliss-reactive ketones (excluding diaryl/α,β-unsaturated/α-hetero) is 1. The summed E-state index contributed by atoms with van der Waals surface area (Å²) in [6, 6.07) is 1.62. The van der Waals surface area contributed by atoms with E-state index in [4.69, 9.17) is 0 Å². The van der Waals surface area contributed by atoms with Crippen molar-refractivity contribution in [1.82, 2.24) is 9.47 Å². The fourth-order valence-electron chi connectivity index (χ4n) is 2.21. The lowest BCUT2D eigenvalue weighted by Gasteiger charge is -2.17. The summed E-state index contributed by atoms with van der Waals surface area (Å²) in [5.41, 5.74) is 1.12. The third kappa shape index (κ3) is 8.70. The fraction of sp³-hybridized carbons (Fsp3) is 0.684. The molecule has 0 saturated heterocycles. The molecule has 4 heteroatoms. The first-order valence-corrected chi connectivity index (χ1v) is 8.59. The van der Waals surface area contributed by atoms with E-state index in [0.717, 1.165) is 5.92 Å². The molecule has 0 spiro atoms. The maximum Gasteiger partial charge on any atom is 0.253 e. The van der Waals surface area contributed by atoms with Crippen molar-refractivity contribution < 1.29 is 4.79 Å². The van der Waals surface area contributed by atoms with Gasteiger partial charge in [0.05, 0.1) is 0 Å². The summed E-state index contributed by atoms with van der Waals surface area (Å²) in [4.78, 5) is 24.6. The van der Waals surface area contributed by atoms with E-state index in [-0.39, 0.29) is 11.3 Å². The molecule has 0 aliphatic rings. The summed E-state index contributed by atoms with van der Waals surface area (Å²) in [6.07, 6.45) is 5.50.